The summed E-state index contributed by atoms with van der Waals surface area (Å²) in [5, 5.41) is 5.31. The van der Waals surface area contributed by atoms with Gasteiger partial charge in [0.05, 0.1) is 12.7 Å². The fraction of sp³-hybridized carbons (Fsp3) is 0.286. The zero-order chi connectivity index (χ0) is 23.2. The number of hydrogen-bond donors (Lipinski definition) is 3. The zero-order valence-corrected chi connectivity index (χ0v) is 17.5. The number of carbonyl (C=O) groups excluding carboxylic acids is 1. The molecule has 5 heterocycles. The number of rotatable bonds is 5. The van der Waals surface area contributed by atoms with Crippen molar-refractivity contribution in [2.45, 2.75) is 25.3 Å². The third-order valence-electron chi connectivity index (χ3n) is 5.44. The number of fused-ring (bicyclic) bond motifs is 1. The Labute approximate surface area is 186 Å². The molecule has 0 saturated carbocycles. The van der Waals surface area contributed by atoms with Crippen molar-refractivity contribution in [1.29, 1.82) is 0 Å². The molecule has 33 heavy (non-hydrogen) atoms. The molecule has 0 spiro atoms. The minimum absolute atomic E-state index is 0.00651. The molecule has 1 amide bonds. The third-order valence-corrected chi connectivity index (χ3v) is 5.44. The number of nitrogens with zero attached hydrogens (tertiary/aromatic N) is 5. The van der Waals surface area contributed by atoms with E-state index in [4.69, 9.17) is 10.2 Å². The van der Waals surface area contributed by atoms with Gasteiger partial charge >= 0.3 is 0 Å². The molecule has 4 aromatic heterocycles. The molecule has 1 aliphatic rings. The maximum Gasteiger partial charge on any atom is 0.273 e. The monoisotopic (exact) mass is 454 g/mol. The van der Waals surface area contributed by atoms with Crippen LogP contribution in [0.3, 0.4) is 0 Å². The van der Waals surface area contributed by atoms with E-state index in [9.17, 15) is 13.6 Å². The molecule has 1 atom stereocenters. The highest BCUT2D eigenvalue weighted by Gasteiger charge is 2.39. The number of anilines is 1. The number of pyridine rings is 1. The maximum absolute atomic E-state index is 13.4. The van der Waals surface area contributed by atoms with Gasteiger partial charge in [-0.3, -0.25) is 4.79 Å². The van der Waals surface area contributed by atoms with Crippen molar-refractivity contribution in [3.05, 3.63) is 48.4 Å². The summed E-state index contributed by atoms with van der Waals surface area (Å²) in [5.74, 6) is -3.34. The van der Waals surface area contributed by atoms with Crippen molar-refractivity contribution in [2.24, 2.45) is 0 Å². The number of aryl methyl sites for hydroxylation is 1. The number of oxazole rings is 1. The van der Waals surface area contributed by atoms with Gasteiger partial charge in [-0.2, -0.15) is 0 Å². The Morgan fingerprint density at radius 3 is 2.91 bits per heavy atom. The summed E-state index contributed by atoms with van der Waals surface area (Å²) in [6.45, 7) is 1.50. The molecular weight excluding hydrogens is 434 g/mol. The predicted octanol–water partition coefficient (Wildman–Crippen LogP) is 2.06. The quantitative estimate of drug-likeness (QED) is 0.417. The standard InChI is InChI=1S/C21H20F2N8O2/c1-11-7-26-14-3-2-12(9-31(11)14)15-16(20-25-4-5-33-20)30-18(24)17(29-15)19(32)27-8-13-6-21(22,23)10-28-13/h2-5,7,9,13,28H,6,8,10H2,1H3,(H2,24,30)(H,27,32). The van der Waals surface area contributed by atoms with E-state index in [-0.39, 0.29) is 36.1 Å². The van der Waals surface area contributed by atoms with Gasteiger partial charge in [0, 0.05) is 42.7 Å². The van der Waals surface area contributed by atoms with E-state index in [1.165, 1.54) is 12.5 Å². The number of hydrogen-bond acceptors (Lipinski definition) is 8. The number of amides is 1. The molecule has 1 unspecified atom stereocenters. The van der Waals surface area contributed by atoms with E-state index in [1.807, 2.05) is 23.6 Å². The van der Waals surface area contributed by atoms with Crippen LogP contribution in [0.4, 0.5) is 14.6 Å². The number of nitrogens with two attached hydrogens (primary N) is 1. The van der Waals surface area contributed by atoms with E-state index < -0.39 is 24.4 Å². The van der Waals surface area contributed by atoms with Crippen molar-refractivity contribution in [1.82, 2.24) is 35.0 Å². The Bertz CT molecular complexity index is 1340. The smallest absolute Gasteiger partial charge is 0.273 e. The number of halogens is 2. The second-order valence-electron chi connectivity index (χ2n) is 7.89. The fourth-order valence-electron chi connectivity index (χ4n) is 3.79. The second-order valence-corrected chi connectivity index (χ2v) is 7.89. The summed E-state index contributed by atoms with van der Waals surface area (Å²) in [6, 6.07) is 3.06. The van der Waals surface area contributed by atoms with Crippen LogP contribution in [0, 0.1) is 6.92 Å². The third kappa shape index (κ3) is 4.00. The van der Waals surface area contributed by atoms with Crippen LogP contribution in [-0.4, -0.2) is 55.3 Å². The van der Waals surface area contributed by atoms with Crippen LogP contribution >= 0.6 is 0 Å². The molecule has 1 aliphatic heterocycles. The van der Waals surface area contributed by atoms with Crippen LogP contribution in [0.2, 0.25) is 0 Å². The molecule has 0 radical (unpaired) electrons. The highest BCUT2D eigenvalue weighted by molar-refractivity contribution is 5.97. The lowest BCUT2D eigenvalue weighted by molar-refractivity contribution is 0.0210. The molecule has 0 aliphatic carbocycles. The van der Waals surface area contributed by atoms with Gasteiger partial charge < -0.3 is 25.2 Å². The largest absolute Gasteiger partial charge is 0.443 e. The number of aromatic nitrogens is 5. The molecule has 0 aromatic carbocycles. The van der Waals surface area contributed by atoms with Gasteiger partial charge in [-0.05, 0) is 19.1 Å². The fourth-order valence-corrected chi connectivity index (χ4v) is 3.79. The van der Waals surface area contributed by atoms with E-state index >= 15 is 0 Å². The van der Waals surface area contributed by atoms with Crippen molar-refractivity contribution >= 4 is 17.4 Å². The van der Waals surface area contributed by atoms with Gasteiger partial charge in [-0.15, -0.1) is 0 Å². The number of alkyl halides is 2. The van der Waals surface area contributed by atoms with Crippen LogP contribution < -0.4 is 16.4 Å². The molecule has 10 nitrogen and oxygen atoms in total. The lowest BCUT2D eigenvalue weighted by Gasteiger charge is -2.14. The average molecular weight is 454 g/mol. The molecule has 4 aromatic rings. The molecule has 5 rings (SSSR count). The van der Waals surface area contributed by atoms with Crippen LogP contribution in [0.15, 0.2) is 41.4 Å². The Morgan fingerprint density at radius 2 is 2.18 bits per heavy atom. The van der Waals surface area contributed by atoms with Crippen LogP contribution in [-0.2, 0) is 0 Å². The van der Waals surface area contributed by atoms with Crippen molar-refractivity contribution in [2.75, 3.05) is 18.8 Å². The number of nitrogen functional groups attached to an aromatic ring is 1. The van der Waals surface area contributed by atoms with Crippen molar-refractivity contribution < 1.29 is 18.0 Å². The molecular formula is C21H20F2N8O2. The van der Waals surface area contributed by atoms with E-state index in [0.717, 1.165) is 11.3 Å². The van der Waals surface area contributed by atoms with Crippen molar-refractivity contribution in [3.63, 3.8) is 0 Å². The molecule has 1 fully saturated rings. The highest BCUT2D eigenvalue weighted by Crippen LogP contribution is 2.30. The van der Waals surface area contributed by atoms with Crippen LogP contribution in [0.5, 0.6) is 0 Å². The lowest BCUT2D eigenvalue weighted by Crippen LogP contribution is -2.37. The molecule has 0 bridgehead atoms. The van der Waals surface area contributed by atoms with Gasteiger partial charge in [-0.1, -0.05) is 0 Å². The van der Waals surface area contributed by atoms with Crippen LogP contribution in [0.25, 0.3) is 28.5 Å². The summed E-state index contributed by atoms with van der Waals surface area (Å²) in [4.78, 5) is 30.1. The maximum atomic E-state index is 13.4. The summed E-state index contributed by atoms with van der Waals surface area (Å²) < 4.78 is 34.1. The average Bonchev–Trinajstić information content (AvgIpc) is 3.52. The van der Waals surface area contributed by atoms with Gasteiger partial charge in [-0.25, -0.2) is 28.7 Å². The zero-order valence-electron chi connectivity index (χ0n) is 17.5. The number of nitrogens with one attached hydrogen (secondary N) is 2. The van der Waals surface area contributed by atoms with Crippen LogP contribution in [0.1, 0.15) is 22.6 Å². The first kappa shape index (κ1) is 20.9. The Kier molecular flexibility index (Phi) is 5.01. The minimum atomic E-state index is -2.79. The minimum Gasteiger partial charge on any atom is -0.443 e. The first-order chi connectivity index (χ1) is 15.8. The molecule has 12 heteroatoms. The van der Waals surface area contributed by atoms with Gasteiger partial charge in [0.25, 0.3) is 11.8 Å². The molecule has 170 valence electrons. The van der Waals surface area contributed by atoms with E-state index in [1.54, 1.807) is 12.3 Å². The van der Waals surface area contributed by atoms with E-state index in [0.29, 0.717) is 11.3 Å². The Balaban J connectivity index is 1.51. The van der Waals surface area contributed by atoms with E-state index in [2.05, 4.69) is 30.6 Å². The Morgan fingerprint density at radius 1 is 1.33 bits per heavy atom. The highest BCUT2D eigenvalue weighted by atomic mass is 19.3. The first-order valence-electron chi connectivity index (χ1n) is 10.2. The lowest BCUT2D eigenvalue weighted by atomic mass is 10.1. The molecule has 1 saturated heterocycles. The first-order valence-corrected chi connectivity index (χ1v) is 10.2. The van der Waals surface area contributed by atoms with Gasteiger partial charge in [0.1, 0.15) is 17.6 Å². The number of imidazole rings is 1. The predicted molar refractivity (Wildman–Crippen MR) is 115 cm³/mol. The Hall–Kier alpha value is -3.93. The second kappa shape index (κ2) is 7.89. The number of carbonyl (C=O) groups is 1. The SMILES string of the molecule is Cc1cnc2ccc(-c3nc(C(=O)NCC4CC(F)(F)CN4)c(N)nc3-c3ncco3)cn12. The summed E-state index contributed by atoms with van der Waals surface area (Å²) in [6.07, 6.45) is 6.06. The van der Waals surface area contributed by atoms with Gasteiger partial charge in [0.15, 0.2) is 17.2 Å². The molecule has 4 N–H and O–H groups in total. The topological polar surface area (TPSA) is 136 Å². The normalized spacial score (nSPS) is 17.5. The van der Waals surface area contributed by atoms with Crippen molar-refractivity contribution in [3.8, 4) is 22.8 Å². The summed E-state index contributed by atoms with van der Waals surface area (Å²) in [7, 11) is 0. The van der Waals surface area contributed by atoms with Gasteiger partial charge in [0.2, 0.25) is 5.89 Å². The summed E-state index contributed by atoms with van der Waals surface area (Å²) in [5.41, 5.74) is 8.82. The summed E-state index contributed by atoms with van der Waals surface area (Å²) >= 11 is 0.